The summed E-state index contributed by atoms with van der Waals surface area (Å²) in [6.45, 7) is 0. The molecule has 0 aliphatic carbocycles. The molecule has 4 rings (SSSR count). The Kier molecular flexibility index (Phi) is 3.84. The Morgan fingerprint density at radius 3 is 2.16 bits per heavy atom. The lowest BCUT2D eigenvalue weighted by Gasteiger charge is -2.22. The van der Waals surface area contributed by atoms with Gasteiger partial charge in [0.25, 0.3) is 0 Å². The van der Waals surface area contributed by atoms with E-state index in [9.17, 15) is 17.6 Å². The minimum Gasteiger partial charge on any atom is -0.288 e. The molecule has 0 bridgehead atoms. The second kappa shape index (κ2) is 5.81. The molecule has 2 heterocycles. The molecular formula is C17H14BrFN2O3S. The summed E-state index contributed by atoms with van der Waals surface area (Å²) in [6.07, 6.45) is 0. The molecule has 2 aliphatic rings. The number of hydrogen-bond donors (Lipinski definition) is 0. The van der Waals surface area contributed by atoms with Crippen LogP contribution in [-0.4, -0.2) is 38.0 Å². The quantitative estimate of drug-likeness (QED) is 0.695. The second-order valence-corrected chi connectivity index (χ2v) is 9.26. The van der Waals surface area contributed by atoms with Crippen molar-refractivity contribution in [3.63, 3.8) is 0 Å². The van der Waals surface area contributed by atoms with E-state index >= 15 is 0 Å². The number of carbonyl (C=O) groups excluding carboxylic acids is 1. The summed E-state index contributed by atoms with van der Waals surface area (Å²) in [6, 6.07) is 11.5. The molecule has 5 nitrogen and oxygen atoms in total. The van der Waals surface area contributed by atoms with Crippen LogP contribution in [0.15, 0.2) is 53.0 Å². The number of nitrogens with zero attached hydrogens (tertiary/aromatic N) is 2. The third-order valence-corrected chi connectivity index (χ3v) is 6.75. The smallest absolute Gasteiger partial charge is 0.288 e. The van der Waals surface area contributed by atoms with Gasteiger partial charge in [-0.25, -0.2) is 17.6 Å². The Morgan fingerprint density at radius 2 is 1.56 bits per heavy atom. The van der Waals surface area contributed by atoms with E-state index in [0.717, 1.165) is 4.47 Å². The van der Waals surface area contributed by atoms with Gasteiger partial charge in [0.15, 0.2) is 9.84 Å². The molecule has 2 aliphatic heterocycles. The number of benzene rings is 2. The van der Waals surface area contributed by atoms with Gasteiger partial charge in [-0.1, -0.05) is 22.0 Å². The zero-order chi connectivity index (χ0) is 17.8. The fourth-order valence-corrected chi connectivity index (χ4v) is 5.84. The van der Waals surface area contributed by atoms with E-state index in [-0.39, 0.29) is 17.5 Å². The van der Waals surface area contributed by atoms with Crippen LogP contribution in [0.2, 0.25) is 0 Å². The maximum absolute atomic E-state index is 13.2. The van der Waals surface area contributed by atoms with Crippen LogP contribution >= 0.6 is 15.9 Å². The van der Waals surface area contributed by atoms with Gasteiger partial charge in [0.05, 0.1) is 23.6 Å². The summed E-state index contributed by atoms with van der Waals surface area (Å²) >= 11 is 3.38. The van der Waals surface area contributed by atoms with Gasteiger partial charge in [0.1, 0.15) is 5.82 Å². The summed E-state index contributed by atoms with van der Waals surface area (Å²) in [5.74, 6) is -0.575. The lowest BCUT2D eigenvalue weighted by molar-refractivity contribution is 0.255. The van der Waals surface area contributed by atoms with Crippen LogP contribution in [0.4, 0.5) is 20.6 Å². The van der Waals surface area contributed by atoms with Gasteiger partial charge in [0.2, 0.25) is 0 Å². The first-order valence-corrected chi connectivity index (χ1v) is 10.3. The van der Waals surface area contributed by atoms with Gasteiger partial charge in [0, 0.05) is 15.8 Å². The Balaban J connectivity index is 1.81. The molecule has 2 saturated heterocycles. The molecule has 2 atom stereocenters. The average molecular weight is 425 g/mol. The van der Waals surface area contributed by atoms with Gasteiger partial charge in [-0.15, -0.1) is 0 Å². The Hall–Kier alpha value is -1.93. The molecule has 2 amide bonds. The van der Waals surface area contributed by atoms with Crippen molar-refractivity contribution in [1.29, 1.82) is 0 Å². The number of fused-ring (bicyclic) bond motifs is 1. The van der Waals surface area contributed by atoms with Crippen molar-refractivity contribution < 1.29 is 17.6 Å². The summed E-state index contributed by atoms with van der Waals surface area (Å²) in [4.78, 5) is 16.1. The van der Waals surface area contributed by atoms with Crippen LogP contribution in [0.25, 0.3) is 0 Å². The number of amides is 2. The lowest BCUT2D eigenvalue weighted by Crippen LogP contribution is -2.37. The van der Waals surface area contributed by atoms with E-state index in [0.29, 0.717) is 11.4 Å². The molecule has 0 N–H and O–H groups in total. The third-order valence-electron chi connectivity index (χ3n) is 4.56. The molecule has 2 aromatic carbocycles. The zero-order valence-electron chi connectivity index (χ0n) is 13.0. The summed E-state index contributed by atoms with van der Waals surface area (Å²) in [5.41, 5.74) is 1.13. The SMILES string of the molecule is O=C1N(c2cccc(Br)c2)[C@@H]2CS(=O)(=O)C[C@@H]2N1c1ccc(F)cc1. The maximum Gasteiger partial charge on any atom is 0.329 e. The first-order valence-electron chi connectivity index (χ1n) is 7.70. The van der Waals surface area contributed by atoms with Crippen LogP contribution < -0.4 is 9.80 Å². The summed E-state index contributed by atoms with van der Waals surface area (Å²) in [5, 5.41) is 0. The first-order chi connectivity index (χ1) is 11.9. The molecule has 25 heavy (non-hydrogen) atoms. The molecule has 0 radical (unpaired) electrons. The standard InChI is InChI=1S/C17H14BrFN2O3S/c18-11-2-1-3-14(8-11)21-16-10-25(23,24)9-15(16)20(17(21)22)13-6-4-12(19)5-7-13/h1-8,15-16H,9-10H2/t15-,16+/m0/s1. The Bertz CT molecular complexity index is 949. The average Bonchev–Trinajstić information content (AvgIpc) is 2.97. The van der Waals surface area contributed by atoms with Gasteiger partial charge < -0.3 is 0 Å². The normalized spacial score (nSPS) is 24.6. The van der Waals surface area contributed by atoms with Crippen LogP contribution in [0.5, 0.6) is 0 Å². The van der Waals surface area contributed by atoms with Gasteiger partial charge in [-0.2, -0.15) is 0 Å². The molecule has 0 saturated carbocycles. The van der Waals surface area contributed by atoms with Gasteiger partial charge >= 0.3 is 6.03 Å². The number of urea groups is 1. The monoisotopic (exact) mass is 424 g/mol. The van der Waals surface area contributed by atoms with Crippen molar-refractivity contribution in [3.8, 4) is 0 Å². The van der Waals surface area contributed by atoms with E-state index in [1.807, 2.05) is 6.07 Å². The number of hydrogen-bond acceptors (Lipinski definition) is 3. The van der Waals surface area contributed by atoms with Crippen molar-refractivity contribution in [1.82, 2.24) is 0 Å². The number of rotatable bonds is 2. The highest BCUT2D eigenvalue weighted by atomic mass is 79.9. The third kappa shape index (κ3) is 2.83. The number of carbonyl (C=O) groups is 1. The molecular weight excluding hydrogens is 411 g/mol. The van der Waals surface area contributed by atoms with E-state index in [2.05, 4.69) is 15.9 Å². The van der Waals surface area contributed by atoms with Crippen LogP contribution in [0.1, 0.15) is 0 Å². The molecule has 0 spiro atoms. The topological polar surface area (TPSA) is 57.7 Å². The second-order valence-electron chi connectivity index (χ2n) is 6.19. The van der Waals surface area contributed by atoms with E-state index in [1.54, 1.807) is 18.2 Å². The predicted molar refractivity (Wildman–Crippen MR) is 97.1 cm³/mol. The van der Waals surface area contributed by atoms with Crippen molar-refractivity contribution in [2.24, 2.45) is 0 Å². The van der Waals surface area contributed by atoms with E-state index in [4.69, 9.17) is 0 Å². The lowest BCUT2D eigenvalue weighted by atomic mass is 10.1. The highest BCUT2D eigenvalue weighted by Crippen LogP contribution is 2.38. The van der Waals surface area contributed by atoms with Crippen molar-refractivity contribution in [3.05, 3.63) is 58.8 Å². The molecule has 0 aromatic heterocycles. The molecule has 2 aromatic rings. The van der Waals surface area contributed by atoms with E-state index in [1.165, 1.54) is 34.1 Å². The van der Waals surface area contributed by atoms with E-state index < -0.39 is 27.7 Å². The highest BCUT2D eigenvalue weighted by molar-refractivity contribution is 9.10. The number of sulfone groups is 1. The Labute approximate surface area is 153 Å². The maximum atomic E-state index is 13.2. The van der Waals surface area contributed by atoms with Crippen molar-refractivity contribution >= 4 is 43.2 Å². The van der Waals surface area contributed by atoms with Crippen LogP contribution in [0.3, 0.4) is 0 Å². The number of halogens is 2. The fraction of sp³-hybridized carbons (Fsp3) is 0.235. The highest BCUT2D eigenvalue weighted by Gasteiger charge is 2.54. The molecule has 0 unspecified atom stereocenters. The van der Waals surface area contributed by atoms with Crippen molar-refractivity contribution in [2.75, 3.05) is 21.3 Å². The van der Waals surface area contributed by atoms with Crippen LogP contribution in [0, 0.1) is 5.82 Å². The minimum absolute atomic E-state index is 0.0758. The predicted octanol–water partition coefficient (Wildman–Crippen LogP) is 3.20. The molecule has 2 fully saturated rings. The van der Waals surface area contributed by atoms with Gasteiger partial charge in [-0.05, 0) is 42.5 Å². The molecule has 8 heteroatoms. The van der Waals surface area contributed by atoms with Crippen molar-refractivity contribution in [2.45, 2.75) is 12.1 Å². The zero-order valence-corrected chi connectivity index (χ0v) is 15.4. The van der Waals surface area contributed by atoms with Crippen LogP contribution in [-0.2, 0) is 9.84 Å². The molecule has 130 valence electrons. The largest absolute Gasteiger partial charge is 0.329 e. The minimum atomic E-state index is -3.25. The number of anilines is 2. The Morgan fingerprint density at radius 1 is 0.960 bits per heavy atom. The summed E-state index contributed by atoms with van der Waals surface area (Å²) in [7, 11) is -3.25. The fourth-order valence-electron chi connectivity index (χ4n) is 3.54. The van der Waals surface area contributed by atoms with Gasteiger partial charge in [-0.3, -0.25) is 9.80 Å². The summed E-state index contributed by atoms with van der Waals surface area (Å²) < 4.78 is 38.4. The first kappa shape index (κ1) is 16.5.